The number of amides is 1. The molecule has 0 heterocycles. The van der Waals surface area contributed by atoms with Crippen LogP contribution in [0.1, 0.15) is 67.3 Å². The topological polar surface area (TPSA) is 105 Å². The van der Waals surface area contributed by atoms with E-state index >= 15 is 0 Å². The number of rotatable bonds is 8. The van der Waals surface area contributed by atoms with Gasteiger partial charge in [-0.15, -0.1) is 0 Å². The van der Waals surface area contributed by atoms with Crippen molar-refractivity contribution >= 4 is 13.6 Å². The number of benzene rings is 1. The van der Waals surface area contributed by atoms with Crippen LogP contribution in [-0.4, -0.2) is 42.1 Å². The van der Waals surface area contributed by atoms with Gasteiger partial charge in [0, 0.05) is 5.56 Å². The summed E-state index contributed by atoms with van der Waals surface area (Å²) in [6, 6.07) is 7.80. The molecule has 3 saturated carbocycles. The summed E-state index contributed by atoms with van der Waals surface area (Å²) in [7, 11) is -0.443. The van der Waals surface area contributed by atoms with E-state index in [1.165, 1.54) is 5.56 Å². The van der Waals surface area contributed by atoms with Gasteiger partial charge in [0.15, 0.2) is 0 Å². The van der Waals surface area contributed by atoms with Crippen molar-refractivity contribution in [3.05, 3.63) is 35.4 Å². The van der Waals surface area contributed by atoms with Crippen LogP contribution >= 0.6 is 0 Å². The van der Waals surface area contributed by atoms with Crippen molar-refractivity contribution < 1.29 is 19.6 Å². The fourth-order valence-corrected chi connectivity index (χ4v) is 4.41. The molecule has 7 heteroatoms. The van der Waals surface area contributed by atoms with Gasteiger partial charge < -0.3 is 25.8 Å². The summed E-state index contributed by atoms with van der Waals surface area (Å²) in [4.78, 5) is 12.6. The summed E-state index contributed by atoms with van der Waals surface area (Å²) in [5.41, 5.74) is 6.92. The zero-order chi connectivity index (χ0) is 18.6. The van der Waals surface area contributed by atoms with Crippen LogP contribution in [0.25, 0.3) is 0 Å². The highest BCUT2D eigenvalue weighted by Crippen LogP contribution is 2.53. The second kappa shape index (κ2) is 8.09. The van der Waals surface area contributed by atoms with E-state index in [2.05, 4.69) is 11.4 Å². The maximum atomic E-state index is 12.6. The number of nitrogens with two attached hydrogens (primary N) is 1. The first-order chi connectivity index (χ1) is 12.5. The summed E-state index contributed by atoms with van der Waals surface area (Å²) in [5, 5.41) is 22.3. The molecule has 4 rings (SSSR count). The minimum Gasteiger partial charge on any atom is -0.430 e. The molecule has 5 N–H and O–H groups in total. The van der Waals surface area contributed by atoms with Gasteiger partial charge in [-0.2, -0.15) is 0 Å². The van der Waals surface area contributed by atoms with E-state index in [0.717, 1.165) is 38.5 Å². The highest BCUT2D eigenvalue weighted by atomic mass is 16.5. The van der Waals surface area contributed by atoms with Crippen molar-refractivity contribution in [3.8, 4) is 0 Å². The predicted molar refractivity (Wildman–Crippen MR) is 101 cm³/mol. The highest BCUT2D eigenvalue weighted by molar-refractivity contribution is 6.16. The Morgan fingerprint density at radius 2 is 1.96 bits per heavy atom. The van der Waals surface area contributed by atoms with E-state index < -0.39 is 19.5 Å². The first-order valence-electron chi connectivity index (χ1n) is 9.57. The van der Waals surface area contributed by atoms with Gasteiger partial charge in [0.05, 0.1) is 5.60 Å². The van der Waals surface area contributed by atoms with Crippen LogP contribution in [0.3, 0.4) is 0 Å². The highest BCUT2D eigenvalue weighted by Gasteiger charge is 2.48. The Morgan fingerprint density at radius 1 is 1.27 bits per heavy atom. The summed E-state index contributed by atoms with van der Waals surface area (Å²) in [6.45, 7) is 0.505. The standard InChI is InChI=1S/C19H29BN2O4/c21-12-2-5-16(26-20-25)22-17(23)14-3-1-4-15(13-14)18-6-9-19(24,10-7-18)11-8-18/h1,3-4,13,16,20,24-25H,2,5-12,21H2,(H,22,23)/t16-,18?,19?/m1/s1. The van der Waals surface area contributed by atoms with E-state index in [0.29, 0.717) is 24.9 Å². The number of carbonyl (C=O) groups is 1. The Bertz CT molecular complexity index is 615. The van der Waals surface area contributed by atoms with Gasteiger partial charge in [-0.3, -0.25) is 4.79 Å². The van der Waals surface area contributed by atoms with Gasteiger partial charge in [-0.25, -0.2) is 0 Å². The number of hydrogen-bond acceptors (Lipinski definition) is 5. The molecule has 1 atom stereocenters. The number of carbonyl (C=O) groups excluding carboxylic acids is 1. The normalized spacial score (nSPS) is 28.6. The van der Waals surface area contributed by atoms with E-state index in [1.54, 1.807) is 6.07 Å². The van der Waals surface area contributed by atoms with Crippen molar-refractivity contribution in [2.45, 2.75) is 68.6 Å². The lowest BCUT2D eigenvalue weighted by molar-refractivity contribution is -0.0660. The van der Waals surface area contributed by atoms with E-state index in [-0.39, 0.29) is 11.3 Å². The number of fused-ring (bicyclic) bond motifs is 3. The molecule has 2 bridgehead atoms. The molecule has 142 valence electrons. The molecule has 6 nitrogen and oxygen atoms in total. The van der Waals surface area contributed by atoms with Gasteiger partial charge in [-0.05, 0) is 81.0 Å². The zero-order valence-corrected chi connectivity index (χ0v) is 15.2. The summed E-state index contributed by atoms with van der Waals surface area (Å²) in [5.74, 6) is -0.207. The molecule has 0 unspecified atom stereocenters. The second-order valence-electron chi connectivity index (χ2n) is 7.77. The smallest absolute Gasteiger partial charge is 0.430 e. The van der Waals surface area contributed by atoms with Gasteiger partial charge in [0.25, 0.3) is 5.91 Å². The molecule has 26 heavy (non-hydrogen) atoms. The average molecular weight is 360 g/mol. The van der Waals surface area contributed by atoms with Crippen LogP contribution in [0.2, 0.25) is 0 Å². The third-order valence-electron chi connectivity index (χ3n) is 6.18. The third-order valence-corrected chi connectivity index (χ3v) is 6.18. The van der Waals surface area contributed by atoms with Crippen molar-refractivity contribution in [2.75, 3.05) is 6.54 Å². The molecule has 0 saturated heterocycles. The van der Waals surface area contributed by atoms with Crippen molar-refractivity contribution in [1.82, 2.24) is 5.32 Å². The minimum absolute atomic E-state index is 0.0846. The molecule has 3 aliphatic rings. The molecular weight excluding hydrogens is 331 g/mol. The number of aliphatic hydroxyl groups is 1. The Hall–Kier alpha value is -1.41. The molecule has 1 aromatic carbocycles. The SMILES string of the molecule is NCCC[C@H](NC(=O)c1cccc(C23CCC(O)(CC2)CC3)c1)OBO. The summed E-state index contributed by atoms with van der Waals surface area (Å²) in [6.07, 6.45) is 6.17. The van der Waals surface area contributed by atoms with Crippen molar-refractivity contribution in [2.24, 2.45) is 5.73 Å². The Labute approximate surface area is 155 Å². The van der Waals surface area contributed by atoms with E-state index in [4.69, 9.17) is 15.4 Å². The third kappa shape index (κ3) is 4.12. The zero-order valence-electron chi connectivity index (χ0n) is 15.2. The largest absolute Gasteiger partial charge is 0.436 e. The lowest BCUT2D eigenvalue weighted by Crippen LogP contribution is -2.48. The molecule has 0 spiro atoms. The lowest BCUT2D eigenvalue weighted by atomic mass is 9.56. The van der Waals surface area contributed by atoms with E-state index in [9.17, 15) is 9.90 Å². The summed E-state index contributed by atoms with van der Waals surface area (Å²) < 4.78 is 5.18. The quantitative estimate of drug-likeness (QED) is 0.410. The Balaban J connectivity index is 1.71. The molecule has 1 amide bonds. The minimum atomic E-state index is -0.544. The molecular formula is C19H29BN2O4. The molecule has 0 aliphatic heterocycles. The Morgan fingerprint density at radius 3 is 2.58 bits per heavy atom. The first kappa shape index (κ1) is 19.4. The fraction of sp³-hybridized carbons (Fsp3) is 0.632. The first-order valence-corrected chi connectivity index (χ1v) is 9.57. The number of hydrogen-bond donors (Lipinski definition) is 4. The van der Waals surface area contributed by atoms with Gasteiger partial charge in [0.1, 0.15) is 6.23 Å². The Kier molecular flexibility index (Phi) is 6.02. The van der Waals surface area contributed by atoms with Gasteiger partial charge in [-0.1, -0.05) is 12.1 Å². The van der Waals surface area contributed by atoms with Crippen LogP contribution in [0.15, 0.2) is 24.3 Å². The van der Waals surface area contributed by atoms with Gasteiger partial charge >= 0.3 is 7.69 Å². The maximum absolute atomic E-state index is 12.6. The van der Waals surface area contributed by atoms with Crippen LogP contribution < -0.4 is 11.1 Å². The van der Waals surface area contributed by atoms with E-state index in [1.807, 2.05) is 12.1 Å². The van der Waals surface area contributed by atoms with Crippen LogP contribution in [0.4, 0.5) is 0 Å². The van der Waals surface area contributed by atoms with Crippen LogP contribution in [-0.2, 0) is 10.1 Å². The monoisotopic (exact) mass is 360 g/mol. The van der Waals surface area contributed by atoms with Crippen LogP contribution in [0, 0.1) is 0 Å². The molecule has 3 fully saturated rings. The van der Waals surface area contributed by atoms with Crippen molar-refractivity contribution in [3.63, 3.8) is 0 Å². The average Bonchev–Trinajstić information content (AvgIpc) is 2.67. The van der Waals surface area contributed by atoms with Crippen LogP contribution in [0.5, 0.6) is 0 Å². The molecule has 1 aromatic rings. The second-order valence-corrected chi connectivity index (χ2v) is 7.77. The lowest BCUT2D eigenvalue weighted by Gasteiger charge is -2.51. The fourth-order valence-electron chi connectivity index (χ4n) is 4.41. The van der Waals surface area contributed by atoms with Gasteiger partial charge in [0.2, 0.25) is 0 Å². The summed E-state index contributed by atoms with van der Waals surface area (Å²) >= 11 is 0. The molecule has 0 radical (unpaired) electrons. The number of nitrogens with one attached hydrogen (secondary N) is 1. The maximum Gasteiger partial charge on any atom is 0.436 e. The molecule has 3 aliphatic carbocycles. The molecule has 0 aromatic heterocycles. The predicted octanol–water partition coefficient (Wildman–Crippen LogP) is 1.09. The van der Waals surface area contributed by atoms with Crippen molar-refractivity contribution in [1.29, 1.82) is 0 Å².